The van der Waals surface area contributed by atoms with E-state index in [2.05, 4.69) is 22.1 Å². The highest BCUT2D eigenvalue weighted by atomic mass is 35.5. The fraction of sp³-hybridized carbons (Fsp3) is 0.231. The number of nitrogens with zero attached hydrogens (tertiary/aromatic N) is 5. The first-order valence-corrected chi connectivity index (χ1v) is 11.6. The molecule has 5 rings (SSSR count). The van der Waals surface area contributed by atoms with Gasteiger partial charge in [0, 0.05) is 30.4 Å². The maximum atomic E-state index is 6.59. The number of ether oxygens (including phenoxy) is 2. The van der Waals surface area contributed by atoms with Gasteiger partial charge in [-0.25, -0.2) is 4.98 Å². The van der Waals surface area contributed by atoms with Gasteiger partial charge in [-0.3, -0.25) is 9.38 Å². The fourth-order valence-corrected chi connectivity index (χ4v) is 4.04. The van der Waals surface area contributed by atoms with E-state index < -0.39 is 0 Å². The van der Waals surface area contributed by atoms with Crippen molar-refractivity contribution in [2.24, 2.45) is 0 Å². The predicted molar refractivity (Wildman–Crippen MR) is 133 cm³/mol. The zero-order valence-corrected chi connectivity index (χ0v) is 19.8. The Bertz CT molecular complexity index is 1450. The van der Waals surface area contributed by atoms with Crippen molar-refractivity contribution in [3.05, 3.63) is 77.2 Å². The van der Waals surface area contributed by atoms with Crippen molar-refractivity contribution in [1.82, 2.24) is 24.6 Å². The molecule has 2 aromatic carbocycles. The summed E-state index contributed by atoms with van der Waals surface area (Å²) in [4.78, 5) is 8.87. The van der Waals surface area contributed by atoms with E-state index in [1.54, 1.807) is 6.20 Å². The van der Waals surface area contributed by atoms with Crippen molar-refractivity contribution >= 4 is 28.3 Å². The third-order valence-electron chi connectivity index (χ3n) is 5.50. The Morgan fingerprint density at radius 2 is 1.79 bits per heavy atom. The van der Waals surface area contributed by atoms with Gasteiger partial charge in [-0.1, -0.05) is 24.6 Å². The van der Waals surface area contributed by atoms with E-state index in [-0.39, 0.29) is 0 Å². The summed E-state index contributed by atoms with van der Waals surface area (Å²) in [6.45, 7) is 5.17. The number of halogens is 1. The first-order valence-electron chi connectivity index (χ1n) is 11.2. The lowest BCUT2D eigenvalue weighted by Crippen LogP contribution is -2.03. The lowest BCUT2D eigenvalue weighted by atomic mass is 10.2. The molecular weight excluding hydrogens is 450 g/mol. The molecule has 0 aliphatic carbocycles. The Morgan fingerprint density at radius 1 is 0.971 bits per heavy atom. The van der Waals surface area contributed by atoms with Crippen molar-refractivity contribution in [2.75, 3.05) is 13.2 Å². The SMILES string of the molecule is CCCOc1ccc(Cl)c(-c2nnc3c(C)nc4ccc(OCCc5cccnc5)cc4n23)c1. The number of fused-ring (bicyclic) bond motifs is 3. The van der Waals surface area contributed by atoms with Crippen LogP contribution in [0.15, 0.2) is 60.9 Å². The summed E-state index contributed by atoms with van der Waals surface area (Å²) in [5.41, 5.74) is 4.99. The zero-order chi connectivity index (χ0) is 23.5. The Balaban J connectivity index is 1.55. The molecule has 0 aliphatic heterocycles. The fourth-order valence-electron chi connectivity index (χ4n) is 3.84. The largest absolute Gasteiger partial charge is 0.494 e. The summed E-state index contributed by atoms with van der Waals surface area (Å²) in [7, 11) is 0. The first-order chi connectivity index (χ1) is 16.6. The molecular formula is C26H24ClN5O2. The summed E-state index contributed by atoms with van der Waals surface area (Å²) < 4.78 is 13.9. The zero-order valence-electron chi connectivity index (χ0n) is 19.0. The van der Waals surface area contributed by atoms with Crippen LogP contribution >= 0.6 is 11.6 Å². The molecule has 0 saturated heterocycles. The molecule has 172 valence electrons. The minimum atomic E-state index is 0.539. The molecule has 0 saturated carbocycles. The topological polar surface area (TPSA) is 74.4 Å². The summed E-state index contributed by atoms with van der Waals surface area (Å²) >= 11 is 6.59. The van der Waals surface area contributed by atoms with Crippen LogP contribution in [0.3, 0.4) is 0 Å². The van der Waals surface area contributed by atoms with Gasteiger partial charge in [-0.05, 0) is 55.3 Å². The van der Waals surface area contributed by atoms with Crippen LogP contribution in [0.25, 0.3) is 28.1 Å². The Hall–Kier alpha value is -3.71. The van der Waals surface area contributed by atoms with Crippen LogP contribution < -0.4 is 9.47 Å². The van der Waals surface area contributed by atoms with Crippen molar-refractivity contribution in [2.45, 2.75) is 26.7 Å². The normalized spacial score (nSPS) is 11.3. The molecule has 0 spiro atoms. The van der Waals surface area contributed by atoms with Crippen LogP contribution in [0, 0.1) is 6.92 Å². The van der Waals surface area contributed by atoms with E-state index in [1.807, 2.05) is 66.1 Å². The number of aromatic nitrogens is 5. The monoisotopic (exact) mass is 473 g/mol. The van der Waals surface area contributed by atoms with Crippen LogP contribution in [0.5, 0.6) is 11.5 Å². The number of rotatable bonds is 8. The molecule has 7 nitrogen and oxygen atoms in total. The molecule has 3 heterocycles. The molecule has 0 radical (unpaired) electrons. The Morgan fingerprint density at radius 3 is 2.62 bits per heavy atom. The van der Waals surface area contributed by atoms with Crippen molar-refractivity contribution in [1.29, 1.82) is 0 Å². The van der Waals surface area contributed by atoms with Gasteiger partial charge in [0.1, 0.15) is 11.5 Å². The van der Waals surface area contributed by atoms with Gasteiger partial charge in [0.15, 0.2) is 11.5 Å². The highest BCUT2D eigenvalue weighted by Gasteiger charge is 2.18. The first kappa shape index (κ1) is 22.1. The highest BCUT2D eigenvalue weighted by molar-refractivity contribution is 6.33. The van der Waals surface area contributed by atoms with E-state index in [0.717, 1.165) is 52.2 Å². The van der Waals surface area contributed by atoms with Gasteiger partial charge in [0.05, 0.1) is 35.0 Å². The molecule has 0 N–H and O–H groups in total. The smallest absolute Gasteiger partial charge is 0.183 e. The van der Waals surface area contributed by atoms with Gasteiger partial charge < -0.3 is 9.47 Å². The second-order valence-electron chi connectivity index (χ2n) is 7.98. The third-order valence-corrected chi connectivity index (χ3v) is 5.83. The lowest BCUT2D eigenvalue weighted by molar-refractivity contribution is 0.317. The molecule has 0 atom stereocenters. The van der Waals surface area contributed by atoms with Gasteiger partial charge in [0.2, 0.25) is 0 Å². The van der Waals surface area contributed by atoms with E-state index >= 15 is 0 Å². The van der Waals surface area contributed by atoms with Crippen LogP contribution in [-0.4, -0.2) is 37.8 Å². The average molecular weight is 474 g/mol. The maximum Gasteiger partial charge on any atom is 0.183 e. The molecule has 5 aromatic rings. The van der Waals surface area contributed by atoms with Crippen molar-refractivity contribution in [3.8, 4) is 22.9 Å². The summed E-state index contributed by atoms with van der Waals surface area (Å²) in [6.07, 6.45) is 5.31. The number of benzene rings is 2. The minimum Gasteiger partial charge on any atom is -0.494 e. The standard InChI is InChI=1S/C26H24ClN5O2/c1-3-12-33-19-6-8-22(27)21(14-19)26-31-30-25-17(2)29-23-9-7-20(15-24(23)32(25)26)34-13-10-18-5-4-11-28-16-18/h4-9,11,14-16H,3,10,12-13H2,1-2H3. The van der Waals surface area contributed by atoms with Gasteiger partial charge in [0.25, 0.3) is 0 Å². The molecule has 0 aliphatic rings. The van der Waals surface area contributed by atoms with Crippen LogP contribution in [-0.2, 0) is 6.42 Å². The molecule has 0 unspecified atom stereocenters. The number of pyridine rings is 1. The van der Waals surface area contributed by atoms with E-state index in [1.165, 1.54) is 0 Å². The predicted octanol–water partition coefficient (Wildman–Crippen LogP) is 5.71. The van der Waals surface area contributed by atoms with Crippen LogP contribution in [0.2, 0.25) is 5.02 Å². The number of aryl methyl sites for hydroxylation is 1. The van der Waals surface area contributed by atoms with E-state index in [4.69, 9.17) is 26.1 Å². The maximum absolute atomic E-state index is 6.59. The minimum absolute atomic E-state index is 0.539. The van der Waals surface area contributed by atoms with Crippen molar-refractivity contribution in [3.63, 3.8) is 0 Å². The van der Waals surface area contributed by atoms with E-state index in [9.17, 15) is 0 Å². The molecule has 34 heavy (non-hydrogen) atoms. The Labute approximate surface area is 202 Å². The lowest BCUT2D eigenvalue weighted by Gasteiger charge is -2.11. The Kier molecular flexibility index (Phi) is 6.27. The third kappa shape index (κ3) is 4.39. The summed E-state index contributed by atoms with van der Waals surface area (Å²) in [5.74, 6) is 2.12. The second kappa shape index (κ2) is 9.65. The van der Waals surface area contributed by atoms with Gasteiger partial charge >= 0.3 is 0 Å². The molecule has 3 aromatic heterocycles. The number of hydrogen-bond acceptors (Lipinski definition) is 6. The van der Waals surface area contributed by atoms with Crippen LogP contribution in [0.4, 0.5) is 0 Å². The summed E-state index contributed by atoms with van der Waals surface area (Å²) in [5, 5.41) is 9.46. The van der Waals surface area contributed by atoms with Crippen LogP contribution in [0.1, 0.15) is 24.6 Å². The average Bonchev–Trinajstić information content (AvgIpc) is 3.31. The van der Waals surface area contributed by atoms with Gasteiger partial charge in [-0.15, -0.1) is 10.2 Å². The molecule has 0 amide bonds. The van der Waals surface area contributed by atoms with Crippen molar-refractivity contribution < 1.29 is 9.47 Å². The molecule has 0 bridgehead atoms. The quantitative estimate of drug-likeness (QED) is 0.287. The van der Waals surface area contributed by atoms with E-state index in [0.29, 0.717) is 29.7 Å². The van der Waals surface area contributed by atoms with Gasteiger partial charge in [-0.2, -0.15) is 0 Å². The highest BCUT2D eigenvalue weighted by Crippen LogP contribution is 2.33. The molecule has 8 heteroatoms. The number of hydrogen-bond donors (Lipinski definition) is 0. The summed E-state index contributed by atoms with van der Waals surface area (Å²) in [6, 6.07) is 15.4. The molecule has 0 fully saturated rings. The second-order valence-corrected chi connectivity index (χ2v) is 8.39.